The smallest absolute Gasteiger partial charge is 0.103 e. The van der Waals surface area contributed by atoms with Gasteiger partial charge in [0.15, 0.2) is 0 Å². The zero-order chi connectivity index (χ0) is 14.6. The molecule has 2 rings (SSSR count). The molecule has 0 aromatic heterocycles. The molecule has 1 saturated heterocycles. The largest absolute Gasteiger partial charge is 0.381 e. The van der Waals surface area contributed by atoms with E-state index in [4.69, 9.17) is 4.74 Å². The van der Waals surface area contributed by atoms with Crippen LogP contribution >= 0.6 is 15.9 Å². The topological polar surface area (TPSA) is 45.0 Å². The Hall–Kier alpha value is -1.05. The summed E-state index contributed by atoms with van der Waals surface area (Å²) in [5.74, 6) is 0. The quantitative estimate of drug-likeness (QED) is 0.882. The van der Waals surface area contributed by atoms with Crippen molar-refractivity contribution in [1.82, 2.24) is 0 Å². The van der Waals surface area contributed by atoms with E-state index in [2.05, 4.69) is 41.2 Å². The van der Waals surface area contributed by atoms with Gasteiger partial charge in [-0.1, -0.05) is 19.9 Å². The van der Waals surface area contributed by atoms with Crippen LogP contribution in [0.1, 0.15) is 45.1 Å². The highest BCUT2D eigenvalue weighted by molar-refractivity contribution is 9.10. The van der Waals surface area contributed by atoms with Crippen LogP contribution in [-0.2, 0) is 4.74 Å². The fourth-order valence-corrected chi connectivity index (χ4v) is 3.33. The molecular weight excluding hydrogens is 316 g/mol. The number of halogens is 1. The predicted molar refractivity (Wildman–Crippen MR) is 84.8 cm³/mol. The number of nitrogens with zero attached hydrogens (tertiary/aromatic N) is 1. The average Bonchev–Trinajstić information content (AvgIpc) is 2.48. The normalized spacial score (nSPS) is 21.2. The highest BCUT2D eigenvalue weighted by Gasteiger charge is 2.34. The summed E-state index contributed by atoms with van der Waals surface area (Å²) >= 11 is 3.43. The highest BCUT2D eigenvalue weighted by Crippen LogP contribution is 2.34. The van der Waals surface area contributed by atoms with Crippen LogP contribution in [-0.4, -0.2) is 18.2 Å². The van der Waals surface area contributed by atoms with Gasteiger partial charge in [0.05, 0.1) is 16.9 Å². The molecule has 3 nitrogen and oxygen atoms in total. The summed E-state index contributed by atoms with van der Waals surface area (Å²) in [5.41, 5.74) is 1.59. The molecule has 108 valence electrons. The van der Waals surface area contributed by atoms with Crippen LogP contribution in [0.15, 0.2) is 22.7 Å². The van der Waals surface area contributed by atoms with Gasteiger partial charge in [-0.2, -0.15) is 5.26 Å². The van der Waals surface area contributed by atoms with E-state index in [0.29, 0.717) is 11.6 Å². The van der Waals surface area contributed by atoms with E-state index in [9.17, 15) is 5.26 Å². The Morgan fingerprint density at radius 3 is 2.85 bits per heavy atom. The number of benzene rings is 1. The van der Waals surface area contributed by atoms with Crippen molar-refractivity contribution in [1.29, 1.82) is 5.26 Å². The Morgan fingerprint density at radius 2 is 2.20 bits per heavy atom. The molecule has 0 radical (unpaired) electrons. The molecule has 1 heterocycles. The van der Waals surface area contributed by atoms with Gasteiger partial charge in [-0.05, 0) is 53.7 Å². The monoisotopic (exact) mass is 336 g/mol. The maximum absolute atomic E-state index is 9.28. The van der Waals surface area contributed by atoms with Crippen molar-refractivity contribution in [3.05, 3.63) is 28.2 Å². The fourth-order valence-electron chi connectivity index (χ4n) is 2.87. The minimum Gasteiger partial charge on any atom is -0.381 e. The van der Waals surface area contributed by atoms with Crippen LogP contribution in [0, 0.1) is 11.3 Å². The van der Waals surface area contributed by atoms with Gasteiger partial charge in [0, 0.05) is 17.1 Å². The molecule has 4 heteroatoms. The molecule has 1 atom stereocenters. The van der Waals surface area contributed by atoms with Crippen molar-refractivity contribution in [2.45, 2.75) is 51.2 Å². The van der Waals surface area contributed by atoms with E-state index in [1.54, 1.807) is 0 Å². The summed E-state index contributed by atoms with van der Waals surface area (Å²) in [5, 5.41) is 12.8. The molecule has 1 aliphatic rings. The maximum atomic E-state index is 9.28. The Bertz CT molecular complexity index is 506. The first-order valence-electron chi connectivity index (χ1n) is 7.23. The Kier molecular flexibility index (Phi) is 5.06. The first-order chi connectivity index (χ1) is 9.64. The zero-order valence-electron chi connectivity index (χ0n) is 12.1. The van der Waals surface area contributed by atoms with Crippen LogP contribution in [0.4, 0.5) is 5.69 Å². The van der Waals surface area contributed by atoms with Gasteiger partial charge in [0.25, 0.3) is 0 Å². The van der Waals surface area contributed by atoms with Crippen molar-refractivity contribution in [2.75, 3.05) is 11.9 Å². The standard InChI is InChI=1S/C16H21BrN2O/c1-3-16(4-2)10-12(8-9-20-16)19-15-7-5-6-14(17)13(15)11-18/h5-7,12,19H,3-4,8-10H2,1-2H3. The third kappa shape index (κ3) is 3.16. The SMILES string of the molecule is CCC1(CC)CC(Nc2cccc(Br)c2C#N)CCO1. The van der Waals surface area contributed by atoms with E-state index in [0.717, 1.165) is 42.5 Å². The molecule has 0 spiro atoms. The number of ether oxygens (including phenoxy) is 1. The maximum Gasteiger partial charge on any atom is 0.103 e. The van der Waals surface area contributed by atoms with E-state index in [1.165, 1.54) is 0 Å². The number of hydrogen-bond acceptors (Lipinski definition) is 3. The second-order valence-electron chi connectivity index (χ2n) is 5.35. The Labute approximate surface area is 129 Å². The van der Waals surface area contributed by atoms with Gasteiger partial charge in [-0.25, -0.2) is 0 Å². The molecule has 20 heavy (non-hydrogen) atoms. The summed E-state index contributed by atoms with van der Waals surface area (Å²) in [4.78, 5) is 0. The third-order valence-corrected chi connectivity index (χ3v) is 4.93. The molecule has 1 N–H and O–H groups in total. The molecular formula is C16H21BrN2O. The molecule has 0 amide bonds. The molecule has 1 aromatic carbocycles. The first-order valence-corrected chi connectivity index (χ1v) is 8.02. The van der Waals surface area contributed by atoms with Gasteiger partial charge in [0.2, 0.25) is 0 Å². The second kappa shape index (κ2) is 6.60. The number of anilines is 1. The van der Waals surface area contributed by atoms with Crippen molar-refractivity contribution < 1.29 is 4.74 Å². The highest BCUT2D eigenvalue weighted by atomic mass is 79.9. The number of hydrogen-bond donors (Lipinski definition) is 1. The molecule has 0 saturated carbocycles. The third-order valence-electron chi connectivity index (χ3n) is 4.27. The second-order valence-corrected chi connectivity index (χ2v) is 6.20. The molecule has 1 fully saturated rings. The molecule has 1 unspecified atom stereocenters. The van der Waals surface area contributed by atoms with Crippen molar-refractivity contribution in [3.63, 3.8) is 0 Å². The number of rotatable bonds is 4. The van der Waals surface area contributed by atoms with Crippen LogP contribution in [0.5, 0.6) is 0 Å². The summed E-state index contributed by atoms with van der Waals surface area (Å²) in [6.07, 6.45) is 4.05. The summed E-state index contributed by atoms with van der Waals surface area (Å²) < 4.78 is 6.84. The van der Waals surface area contributed by atoms with Gasteiger partial charge in [-0.15, -0.1) is 0 Å². The summed E-state index contributed by atoms with van der Waals surface area (Å²) in [7, 11) is 0. The average molecular weight is 337 g/mol. The Morgan fingerprint density at radius 1 is 1.45 bits per heavy atom. The lowest BCUT2D eigenvalue weighted by Gasteiger charge is -2.40. The van der Waals surface area contributed by atoms with Crippen LogP contribution in [0.3, 0.4) is 0 Å². The van der Waals surface area contributed by atoms with Crippen LogP contribution < -0.4 is 5.32 Å². The van der Waals surface area contributed by atoms with Crippen LogP contribution in [0.25, 0.3) is 0 Å². The molecule has 1 aromatic rings. The Balaban J connectivity index is 2.15. The minimum absolute atomic E-state index is 0.00522. The minimum atomic E-state index is -0.00522. The fraction of sp³-hybridized carbons (Fsp3) is 0.562. The van der Waals surface area contributed by atoms with E-state index >= 15 is 0 Å². The van der Waals surface area contributed by atoms with E-state index < -0.39 is 0 Å². The van der Waals surface area contributed by atoms with Crippen molar-refractivity contribution >= 4 is 21.6 Å². The molecule has 1 aliphatic heterocycles. The number of nitriles is 1. The van der Waals surface area contributed by atoms with Gasteiger partial charge in [-0.3, -0.25) is 0 Å². The predicted octanol–water partition coefficient (Wildman–Crippen LogP) is 4.47. The molecule has 0 aliphatic carbocycles. The zero-order valence-corrected chi connectivity index (χ0v) is 13.7. The van der Waals surface area contributed by atoms with Crippen molar-refractivity contribution in [3.8, 4) is 6.07 Å². The van der Waals surface area contributed by atoms with Gasteiger partial charge >= 0.3 is 0 Å². The van der Waals surface area contributed by atoms with E-state index in [1.807, 2.05) is 18.2 Å². The number of nitrogens with one attached hydrogen (secondary N) is 1. The first kappa shape index (κ1) is 15.3. The lowest BCUT2D eigenvalue weighted by atomic mass is 9.86. The summed E-state index contributed by atoms with van der Waals surface area (Å²) in [6.45, 7) is 5.16. The lowest BCUT2D eigenvalue weighted by Crippen LogP contribution is -2.43. The van der Waals surface area contributed by atoms with Crippen LogP contribution in [0.2, 0.25) is 0 Å². The molecule has 0 bridgehead atoms. The summed E-state index contributed by atoms with van der Waals surface area (Å²) in [6, 6.07) is 8.45. The lowest BCUT2D eigenvalue weighted by molar-refractivity contribution is -0.0864. The van der Waals surface area contributed by atoms with Crippen molar-refractivity contribution in [2.24, 2.45) is 0 Å². The van der Waals surface area contributed by atoms with Gasteiger partial charge < -0.3 is 10.1 Å². The van der Waals surface area contributed by atoms with E-state index in [-0.39, 0.29) is 5.60 Å². The van der Waals surface area contributed by atoms with Gasteiger partial charge in [0.1, 0.15) is 6.07 Å².